The van der Waals surface area contributed by atoms with Crippen LogP contribution in [0, 0.1) is 6.92 Å². The van der Waals surface area contributed by atoms with Crippen LogP contribution in [0.25, 0.3) is 0 Å². The summed E-state index contributed by atoms with van der Waals surface area (Å²) >= 11 is 1.53. The molecule has 1 aromatic heterocycles. The topological polar surface area (TPSA) is 29.0 Å². The fraction of sp³-hybridized carbons (Fsp3) is 0.429. The fourth-order valence-corrected chi connectivity index (χ4v) is 3.36. The summed E-state index contributed by atoms with van der Waals surface area (Å²) in [4.78, 5) is 6.95. The van der Waals surface area contributed by atoms with Crippen LogP contribution in [0.15, 0.2) is 30.3 Å². The maximum atomic E-state index is 4.52. The molecule has 1 aliphatic rings. The zero-order valence-corrected chi connectivity index (χ0v) is 11.4. The minimum Gasteiger partial charge on any atom is -0.344 e. The van der Waals surface area contributed by atoms with Crippen LogP contribution in [0.4, 0.5) is 5.13 Å². The van der Waals surface area contributed by atoms with Gasteiger partial charge in [-0.3, -0.25) is 0 Å². The van der Waals surface area contributed by atoms with Crippen LogP contribution >= 0.6 is 11.5 Å². The molecule has 2 aromatic rings. The second-order valence-corrected chi connectivity index (χ2v) is 5.53. The summed E-state index contributed by atoms with van der Waals surface area (Å²) in [6, 6.07) is 11.3. The lowest BCUT2D eigenvalue weighted by molar-refractivity contribution is 0.662. The predicted octanol–water partition coefficient (Wildman–Crippen LogP) is 3.06. The lowest BCUT2D eigenvalue weighted by Gasteiger charge is -2.23. The Balaban J connectivity index is 1.75. The average Bonchev–Trinajstić information content (AvgIpc) is 2.99. The van der Waals surface area contributed by atoms with Gasteiger partial charge in [-0.1, -0.05) is 30.3 Å². The van der Waals surface area contributed by atoms with Crippen LogP contribution in [0.2, 0.25) is 0 Å². The Hall–Kier alpha value is -1.42. The first-order valence-corrected chi connectivity index (χ1v) is 7.21. The zero-order chi connectivity index (χ0) is 12.4. The highest BCUT2D eigenvalue weighted by Crippen LogP contribution is 2.28. The van der Waals surface area contributed by atoms with Gasteiger partial charge in [-0.2, -0.15) is 4.37 Å². The molecule has 0 bridgehead atoms. The first-order chi connectivity index (χ1) is 8.83. The number of nitrogens with zero attached hydrogens (tertiary/aromatic N) is 3. The first kappa shape index (κ1) is 11.7. The van der Waals surface area contributed by atoms with E-state index in [4.69, 9.17) is 0 Å². The Morgan fingerprint density at radius 3 is 2.89 bits per heavy atom. The summed E-state index contributed by atoms with van der Waals surface area (Å²) in [7, 11) is 0. The maximum Gasteiger partial charge on any atom is 0.205 e. The van der Waals surface area contributed by atoms with Crippen LogP contribution in [0.3, 0.4) is 0 Å². The van der Waals surface area contributed by atoms with E-state index in [1.165, 1.54) is 29.9 Å². The zero-order valence-electron chi connectivity index (χ0n) is 10.5. The van der Waals surface area contributed by atoms with Crippen molar-refractivity contribution in [3.8, 4) is 0 Å². The summed E-state index contributed by atoms with van der Waals surface area (Å²) in [6.45, 7) is 3.08. The molecule has 94 valence electrons. The molecule has 1 fully saturated rings. The van der Waals surface area contributed by atoms with Gasteiger partial charge >= 0.3 is 0 Å². The van der Waals surface area contributed by atoms with E-state index in [1.54, 1.807) is 0 Å². The fourth-order valence-electron chi connectivity index (χ4n) is 2.59. The van der Waals surface area contributed by atoms with E-state index in [0.717, 1.165) is 23.9 Å². The molecule has 3 nitrogen and oxygen atoms in total. The van der Waals surface area contributed by atoms with Crippen LogP contribution in [0.1, 0.15) is 24.2 Å². The minimum absolute atomic E-state index is 0.583. The summed E-state index contributed by atoms with van der Waals surface area (Å²) in [5.74, 6) is 0.889. The Morgan fingerprint density at radius 1 is 1.33 bits per heavy atom. The van der Waals surface area contributed by atoms with Gasteiger partial charge in [-0.15, -0.1) is 0 Å². The molecule has 0 aliphatic carbocycles. The largest absolute Gasteiger partial charge is 0.344 e. The lowest BCUT2D eigenvalue weighted by atomic mass is 10.0. The number of aryl methyl sites for hydroxylation is 1. The summed E-state index contributed by atoms with van der Waals surface area (Å²) in [5.41, 5.74) is 1.41. The highest BCUT2D eigenvalue weighted by Gasteiger charge is 2.27. The Morgan fingerprint density at radius 2 is 2.17 bits per heavy atom. The quantitative estimate of drug-likeness (QED) is 0.848. The van der Waals surface area contributed by atoms with Gasteiger partial charge in [-0.05, 0) is 31.7 Å². The van der Waals surface area contributed by atoms with Crippen LogP contribution in [-0.2, 0) is 6.42 Å². The minimum atomic E-state index is 0.583. The van der Waals surface area contributed by atoms with Gasteiger partial charge in [0.25, 0.3) is 0 Å². The predicted molar refractivity (Wildman–Crippen MR) is 75.2 cm³/mol. The normalized spacial score (nSPS) is 19.4. The molecule has 1 saturated heterocycles. The third-order valence-electron chi connectivity index (χ3n) is 3.45. The molecule has 1 unspecified atom stereocenters. The van der Waals surface area contributed by atoms with Crippen molar-refractivity contribution in [1.29, 1.82) is 0 Å². The Kier molecular flexibility index (Phi) is 3.28. The molecule has 18 heavy (non-hydrogen) atoms. The van der Waals surface area contributed by atoms with Crippen molar-refractivity contribution in [3.05, 3.63) is 41.7 Å². The van der Waals surface area contributed by atoms with E-state index in [-0.39, 0.29) is 0 Å². The molecular weight excluding hydrogens is 242 g/mol. The molecule has 2 heterocycles. The maximum absolute atomic E-state index is 4.52. The summed E-state index contributed by atoms with van der Waals surface area (Å²) in [6.07, 6.45) is 3.63. The molecule has 4 heteroatoms. The van der Waals surface area contributed by atoms with Crippen molar-refractivity contribution in [1.82, 2.24) is 9.36 Å². The number of rotatable bonds is 3. The number of hydrogen-bond acceptors (Lipinski definition) is 4. The van der Waals surface area contributed by atoms with Crippen molar-refractivity contribution in [2.24, 2.45) is 0 Å². The third kappa shape index (κ3) is 2.38. The van der Waals surface area contributed by atoms with Crippen molar-refractivity contribution in [2.75, 3.05) is 11.4 Å². The van der Waals surface area contributed by atoms with Gasteiger partial charge in [0.05, 0.1) is 0 Å². The summed E-state index contributed by atoms with van der Waals surface area (Å²) in [5, 5.41) is 1.09. The highest BCUT2D eigenvalue weighted by molar-refractivity contribution is 7.09. The van der Waals surface area contributed by atoms with Gasteiger partial charge in [0.2, 0.25) is 5.13 Å². The SMILES string of the molecule is Cc1nsc(N2CCCC2Cc2ccccc2)n1. The summed E-state index contributed by atoms with van der Waals surface area (Å²) < 4.78 is 4.29. The monoisotopic (exact) mass is 259 g/mol. The number of benzene rings is 1. The number of hydrogen-bond donors (Lipinski definition) is 0. The van der Waals surface area contributed by atoms with E-state index in [0.29, 0.717) is 6.04 Å². The lowest BCUT2D eigenvalue weighted by Crippen LogP contribution is -2.30. The van der Waals surface area contributed by atoms with E-state index in [9.17, 15) is 0 Å². The molecule has 0 saturated carbocycles. The molecular formula is C14H17N3S. The average molecular weight is 259 g/mol. The van der Waals surface area contributed by atoms with E-state index in [2.05, 4.69) is 44.6 Å². The van der Waals surface area contributed by atoms with E-state index in [1.807, 2.05) is 6.92 Å². The van der Waals surface area contributed by atoms with Crippen LogP contribution < -0.4 is 4.90 Å². The van der Waals surface area contributed by atoms with E-state index < -0.39 is 0 Å². The van der Waals surface area contributed by atoms with Gasteiger partial charge in [0, 0.05) is 24.1 Å². The van der Waals surface area contributed by atoms with Crippen molar-refractivity contribution < 1.29 is 0 Å². The van der Waals surface area contributed by atoms with E-state index >= 15 is 0 Å². The first-order valence-electron chi connectivity index (χ1n) is 6.44. The Labute approximate surface area is 112 Å². The van der Waals surface area contributed by atoms with Gasteiger partial charge in [0.1, 0.15) is 5.82 Å². The van der Waals surface area contributed by atoms with Crippen molar-refractivity contribution >= 4 is 16.7 Å². The highest BCUT2D eigenvalue weighted by atomic mass is 32.1. The molecule has 0 radical (unpaired) electrons. The van der Waals surface area contributed by atoms with Gasteiger partial charge < -0.3 is 4.90 Å². The molecule has 1 aromatic carbocycles. The second kappa shape index (κ2) is 5.06. The third-order valence-corrected chi connectivity index (χ3v) is 4.30. The van der Waals surface area contributed by atoms with Crippen LogP contribution in [0.5, 0.6) is 0 Å². The molecule has 0 N–H and O–H groups in total. The molecule has 3 rings (SSSR count). The van der Waals surface area contributed by atoms with Gasteiger partial charge in [0.15, 0.2) is 0 Å². The van der Waals surface area contributed by atoms with Crippen molar-refractivity contribution in [3.63, 3.8) is 0 Å². The standard InChI is InChI=1S/C14H17N3S/c1-11-15-14(18-16-11)17-9-5-8-13(17)10-12-6-3-2-4-7-12/h2-4,6-7,13H,5,8-10H2,1H3. The molecule has 0 amide bonds. The second-order valence-electron chi connectivity index (χ2n) is 4.80. The molecule has 0 spiro atoms. The van der Waals surface area contributed by atoms with Gasteiger partial charge in [-0.25, -0.2) is 4.98 Å². The smallest absolute Gasteiger partial charge is 0.205 e. The Bertz CT molecular complexity index is 509. The molecule has 1 atom stereocenters. The van der Waals surface area contributed by atoms with Crippen LogP contribution in [-0.4, -0.2) is 21.9 Å². The van der Waals surface area contributed by atoms with Crippen molar-refractivity contribution in [2.45, 2.75) is 32.2 Å². The number of aromatic nitrogens is 2. The number of anilines is 1. The molecule has 1 aliphatic heterocycles.